The fraction of sp³-hybridized carbons (Fsp3) is 0.500. The summed E-state index contributed by atoms with van der Waals surface area (Å²) in [5.74, 6) is 0.198. The van der Waals surface area contributed by atoms with Crippen molar-refractivity contribution in [2.75, 3.05) is 124 Å². The average molecular weight is 754 g/mol. The fourth-order valence-electron chi connectivity index (χ4n) is 4.35. The molecule has 0 aliphatic heterocycles. The molecule has 0 saturated heterocycles. The van der Waals surface area contributed by atoms with Gasteiger partial charge < -0.3 is 52.7 Å². The highest BCUT2D eigenvalue weighted by atomic mass is 19.4. The standard InChI is InChI=1S/C38H50F3NO11/c39-38(40,41)32-7-6-8-33(31-32)42-36-12-5-4-11-35(36)37(43)53-30-28-51-26-24-49-22-20-47-18-16-45-14-13-44-15-17-46-19-21-48-23-25-50-27-29-52-34-9-2-1-3-10-34/h1-12,31,42H,13-30H2. The van der Waals surface area contributed by atoms with E-state index in [1.165, 1.54) is 18.2 Å². The van der Waals surface area contributed by atoms with E-state index in [0.717, 1.165) is 17.9 Å². The Morgan fingerprint density at radius 2 is 0.925 bits per heavy atom. The first kappa shape index (κ1) is 43.6. The topological polar surface area (TPSA) is 121 Å². The molecule has 0 heterocycles. The third-order valence-electron chi connectivity index (χ3n) is 6.92. The molecule has 3 aromatic carbocycles. The summed E-state index contributed by atoms with van der Waals surface area (Å²) in [6, 6.07) is 20.7. The van der Waals surface area contributed by atoms with Gasteiger partial charge >= 0.3 is 12.1 Å². The molecule has 0 aliphatic rings. The fourth-order valence-corrected chi connectivity index (χ4v) is 4.35. The zero-order valence-electron chi connectivity index (χ0n) is 29.9. The predicted octanol–water partition coefficient (Wildman–Crippen LogP) is 5.82. The highest BCUT2D eigenvalue weighted by molar-refractivity contribution is 5.96. The van der Waals surface area contributed by atoms with Crippen LogP contribution in [0.1, 0.15) is 15.9 Å². The predicted molar refractivity (Wildman–Crippen MR) is 190 cm³/mol. The summed E-state index contributed by atoms with van der Waals surface area (Å²) in [5.41, 5.74) is -0.0893. The highest BCUT2D eigenvalue weighted by Gasteiger charge is 2.30. The van der Waals surface area contributed by atoms with Crippen molar-refractivity contribution >= 4 is 17.3 Å². The molecule has 0 amide bonds. The third-order valence-corrected chi connectivity index (χ3v) is 6.92. The van der Waals surface area contributed by atoms with E-state index in [4.69, 9.17) is 47.4 Å². The largest absolute Gasteiger partial charge is 0.491 e. The second kappa shape index (κ2) is 27.8. The maximum atomic E-state index is 13.0. The maximum Gasteiger partial charge on any atom is 0.416 e. The quantitative estimate of drug-likeness (QED) is 0.0630. The van der Waals surface area contributed by atoms with E-state index in [2.05, 4.69) is 5.32 Å². The molecule has 12 nitrogen and oxygen atoms in total. The van der Waals surface area contributed by atoms with Crippen LogP contribution >= 0.6 is 0 Å². The molecule has 0 unspecified atom stereocenters. The van der Waals surface area contributed by atoms with Crippen LogP contribution in [0.5, 0.6) is 5.75 Å². The zero-order valence-corrected chi connectivity index (χ0v) is 29.9. The van der Waals surface area contributed by atoms with Gasteiger partial charge in [0.1, 0.15) is 19.0 Å². The van der Waals surface area contributed by atoms with Gasteiger partial charge in [-0.15, -0.1) is 0 Å². The molecular formula is C38H50F3NO11. The van der Waals surface area contributed by atoms with Gasteiger partial charge in [-0.05, 0) is 42.5 Å². The van der Waals surface area contributed by atoms with Crippen molar-refractivity contribution in [2.45, 2.75) is 6.18 Å². The third kappa shape index (κ3) is 20.9. The molecule has 1 N–H and O–H groups in total. The molecule has 0 bridgehead atoms. The Morgan fingerprint density at radius 1 is 0.491 bits per heavy atom. The Morgan fingerprint density at radius 3 is 1.42 bits per heavy atom. The lowest BCUT2D eigenvalue weighted by atomic mass is 10.1. The van der Waals surface area contributed by atoms with Gasteiger partial charge in [0.25, 0.3) is 0 Å². The van der Waals surface area contributed by atoms with Crippen molar-refractivity contribution in [1.82, 2.24) is 0 Å². The van der Waals surface area contributed by atoms with Gasteiger partial charge in [-0.25, -0.2) is 4.79 Å². The summed E-state index contributed by atoms with van der Waals surface area (Å²) < 4.78 is 93.7. The van der Waals surface area contributed by atoms with Gasteiger partial charge in [-0.3, -0.25) is 0 Å². The second-order valence-electron chi connectivity index (χ2n) is 10.9. The number of para-hydroxylation sites is 2. The number of anilines is 2. The summed E-state index contributed by atoms with van der Waals surface area (Å²) in [6.45, 7) is 7.29. The van der Waals surface area contributed by atoms with E-state index in [0.29, 0.717) is 111 Å². The SMILES string of the molecule is O=C(OCCOCCOCCOCCOCCOCCOCCOCCOCCOc1ccccc1)c1ccccc1Nc1cccc(C(F)(F)F)c1. The summed E-state index contributed by atoms with van der Waals surface area (Å²) in [6.07, 6.45) is -4.48. The van der Waals surface area contributed by atoms with Crippen molar-refractivity contribution in [3.63, 3.8) is 0 Å². The van der Waals surface area contributed by atoms with Crippen LogP contribution in [-0.2, 0) is 48.8 Å². The molecule has 15 heteroatoms. The number of benzene rings is 3. The molecular weight excluding hydrogens is 703 g/mol. The summed E-state index contributed by atoms with van der Waals surface area (Å²) in [7, 11) is 0. The average Bonchev–Trinajstić information content (AvgIpc) is 3.16. The number of hydrogen-bond acceptors (Lipinski definition) is 12. The van der Waals surface area contributed by atoms with Crippen LogP contribution in [0.15, 0.2) is 78.9 Å². The van der Waals surface area contributed by atoms with Gasteiger partial charge in [0.15, 0.2) is 0 Å². The number of carbonyl (C=O) groups is 1. The van der Waals surface area contributed by atoms with E-state index in [1.54, 1.807) is 18.2 Å². The Bertz CT molecular complexity index is 1370. The van der Waals surface area contributed by atoms with Crippen LogP contribution in [0.3, 0.4) is 0 Å². The number of carbonyl (C=O) groups excluding carboxylic acids is 1. The summed E-state index contributed by atoms with van der Waals surface area (Å²) >= 11 is 0. The van der Waals surface area contributed by atoms with Crippen LogP contribution < -0.4 is 10.1 Å². The summed E-state index contributed by atoms with van der Waals surface area (Å²) in [4.78, 5) is 12.6. The van der Waals surface area contributed by atoms with E-state index >= 15 is 0 Å². The van der Waals surface area contributed by atoms with E-state index in [-0.39, 0.29) is 24.5 Å². The number of alkyl halides is 3. The molecule has 3 aromatic rings. The number of esters is 1. The molecule has 0 aliphatic carbocycles. The molecule has 294 valence electrons. The van der Waals surface area contributed by atoms with Crippen LogP contribution in [0, 0.1) is 0 Å². The molecule has 0 spiro atoms. The van der Waals surface area contributed by atoms with Crippen molar-refractivity contribution in [3.8, 4) is 5.75 Å². The van der Waals surface area contributed by atoms with Gasteiger partial charge in [-0.2, -0.15) is 13.2 Å². The molecule has 53 heavy (non-hydrogen) atoms. The lowest BCUT2D eigenvalue weighted by Crippen LogP contribution is -2.16. The molecule has 0 radical (unpaired) electrons. The maximum absolute atomic E-state index is 13.0. The molecule has 0 fully saturated rings. The van der Waals surface area contributed by atoms with Crippen molar-refractivity contribution in [3.05, 3.63) is 90.0 Å². The van der Waals surface area contributed by atoms with Gasteiger partial charge in [0.2, 0.25) is 0 Å². The Balaban J connectivity index is 1.02. The smallest absolute Gasteiger partial charge is 0.416 e. The van der Waals surface area contributed by atoms with Crippen molar-refractivity contribution < 1.29 is 65.3 Å². The van der Waals surface area contributed by atoms with E-state index < -0.39 is 17.7 Å². The lowest BCUT2D eigenvalue weighted by molar-refractivity contribution is -0.137. The van der Waals surface area contributed by atoms with Gasteiger partial charge in [0, 0.05) is 5.69 Å². The van der Waals surface area contributed by atoms with Crippen LogP contribution in [0.4, 0.5) is 24.5 Å². The van der Waals surface area contributed by atoms with Crippen LogP contribution in [0.25, 0.3) is 0 Å². The minimum absolute atomic E-state index is 0.00123. The molecule has 3 rings (SSSR count). The molecule has 0 aromatic heterocycles. The first-order chi connectivity index (χ1) is 25.9. The van der Waals surface area contributed by atoms with Crippen LogP contribution in [0.2, 0.25) is 0 Å². The minimum Gasteiger partial charge on any atom is -0.491 e. The number of rotatable bonds is 31. The number of nitrogens with one attached hydrogen (secondary N) is 1. The second-order valence-corrected chi connectivity index (χ2v) is 10.9. The lowest BCUT2D eigenvalue weighted by Gasteiger charge is -2.13. The van der Waals surface area contributed by atoms with Crippen LogP contribution in [-0.4, -0.2) is 125 Å². The highest BCUT2D eigenvalue weighted by Crippen LogP contribution is 2.32. The Kier molecular flexibility index (Phi) is 22.8. The number of ether oxygens (including phenoxy) is 10. The van der Waals surface area contributed by atoms with Gasteiger partial charge in [-0.1, -0.05) is 36.4 Å². The number of halogens is 3. The van der Waals surface area contributed by atoms with Gasteiger partial charge in [0.05, 0.1) is 123 Å². The first-order valence-corrected chi connectivity index (χ1v) is 17.4. The zero-order chi connectivity index (χ0) is 37.7. The van der Waals surface area contributed by atoms with Crippen molar-refractivity contribution in [1.29, 1.82) is 0 Å². The van der Waals surface area contributed by atoms with E-state index in [9.17, 15) is 18.0 Å². The number of hydrogen-bond donors (Lipinski definition) is 1. The minimum atomic E-state index is -4.48. The Labute approximate surface area is 308 Å². The van der Waals surface area contributed by atoms with Crippen molar-refractivity contribution in [2.24, 2.45) is 0 Å². The Hall–Kier alpha value is -3.80. The molecule has 0 atom stereocenters. The normalized spacial score (nSPS) is 11.5. The molecule has 0 saturated carbocycles. The van der Waals surface area contributed by atoms with E-state index in [1.807, 2.05) is 30.3 Å². The monoisotopic (exact) mass is 753 g/mol. The summed E-state index contributed by atoms with van der Waals surface area (Å²) in [5, 5.41) is 2.86. The first-order valence-electron chi connectivity index (χ1n) is 17.4.